The molecule has 2 atom stereocenters. The Bertz CT molecular complexity index is 498. The molecule has 104 valence electrons. The Hall–Kier alpha value is -0.420. The van der Waals surface area contributed by atoms with Crippen LogP contribution in [0, 0.1) is 0 Å². The maximum Gasteiger partial charge on any atom is 0.237 e. The van der Waals surface area contributed by atoms with Gasteiger partial charge in [-0.1, -0.05) is 23.2 Å². The Labute approximate surface area is 127 Å². The standard InChI is InChI=1S/C13H16Cl2N2OS/c1-17-13(12(16)18)5-4-9(7-13)19-8-2-3-10(14)11(15)6-8/h2-3,6,9,17H,4-5,7H2,1H3,(H2,16,18). The largest absolute Gasteiger partial charge is 0.368 e. The van der Waals surface area contributed by atoms with Crippen molar-refractivity contribution in [1.29, 1.82) is 0 Å². The Kier molecular flexibility index (Phi) is 4.66. The first-order valence-corrected chi connectivity index (χ1v) is 7.71. The van der Waals surface area contributed by atoms with Gasteiger partial charge in [-0.25, -0.2) is 0 Å². The molecule has 1 aromatic carbocycles. The molecule has 0 aliphatic heterocycles. The van der Waals surface area contributed by atoms with Crippen molar-refractivity contribution in [3.8, 4) is 0 Å². The number of amides is 1. The van der Waals surface area contributed by atoms with E-state index in [1.54, 1.807) is 24.9 Å². The summed E-state index contributed by atoms with van der Waals surface area (Å²) >= 11 is 13.6. The van der Waals surface area contributed by atoms with Gasteiger partial charge < -0.3 is 11.1 Å². The van der Waals surface area contributed by atoms with E-state index in [0.717, 1.165) is 24.2 Å². The summed E-state index contributed by atoms with van der Waals surface area (Å²) < 4.78 is 0. The lowest BCUT2D eigenvalue weighted by Gasteiger charge is -2.24. The van der Waals surface area contributed by atoms with Crippen LogP contribution >= 0.6 is 35.0 Å². The van der Waals surface area contributed by atoms with Crippen LogP contribution in [0.3, 0.4) is 0 Å². The first-order valence-electron chi connectivity index (χ1n) is 6.07. The molecule has 0 bridgehead atoms. The predicted octanol–water partition coefficient (Wildman–Crippen LogP) is 3.08. The minimum atomic E-state index is -0.562. The van der Waals surface area contributed by atoms with Gasteiger partial charge in [0.25, 0.3) is 0 Å². The van der Waals surface area contributed by atoms with Crippen molar-refractivity contribution in [2.75, 3.05) is 7.05 Å². The van der Waals surface area contributed by atoms with Gasteiger partial charge in [-0.3, -0.25) is 4.79 Å². The van der Waals surface area contributed by atoms with Crippen LogP contribution in [-0.4, -0.2) is 23.7 Å². The highest BCUT2D eigenvalue weighted by atomic mass is 35.5. The number of nitrogens with one attached hydrogen (secondary N) is 1. The highest BCUT2D eigenvalue weighted by Gasteiger charge is 2.43. The van der Waals surface area contributed by atoms with E-state index in [1.165, 1.54) is 0 Å². The molecular weight excluding hydrogens is 303 g/mol. The van der Waals surface area contributed by atoms with E-state index in [-0.39, 0.29) is 5.91 Å². The molecule has 1 aliphatic rings. The molecule has 0 aromatic heterocycles. The van der Waals surface area contributed by atoms with Gasteiger partial charge in [0.2, 0.25) is 5.91 Å². The van der Waals surface area contributed by atoms with Gasteiger partial charge in [-0.2, -0.15) is 0 Å². The lowest BCUT2D eigenvalue weighted by atomic mass is 9.97. The topological polar surface area (TPSA) is 55.1 Å². The van der Waals surface area contributed by atoms with Crippen LogP contribution in [0.2, 0.25) is 10.0 Å². The van der Waals surface area contributed by atoms with Crippen molar-refractivity contribution < 1.29 is 4.79 Å². The smallest absolute Gasteiger partial charge is 0.237 e. The summed E-state index contributed by atoms with van der Waals surface area (Å²) in [4.78, 5) is 12.6. The summed E-state index contributed by atoms with van der Waals surface area (Å²) in [5.74, 6) is -0.271. The molecule has 0 radical (unpaired) electrons. The van der Waals surface area contributed by atoms with Crippen molar-refractivity contribution in [1.82, 2.24) is 5.32 Å². The van der Waals surface area contributed by atoms with Crippen molar-refractivity contribution in [3.05, 3.63) is 28.2 Å². The van der Waals surface area contributed by atoms with Crippen LogP contribution in [0.25, 0.3) is 0 Å². The fourth-order valence-corrected chi connectivity index (χ4v) is 4.10. The first kappa shape index (κ1) is 15.0. The van der Waals surface area contributed by atoms with Gasteiger partial charge >= 0.3 is 0 Å². The molecule has 3 nitrogen and oxygen atoms in total. The predicted molar refractivity (Wildman–Crippen MR) is 80.9 cm³/mol. The average molecular weight is 319 g/mol. The van der Waals surface area contributed by atoms with Crippen LogP contribution in [0.15, 0.2) is 23.1 Å². The van der Waals surface area contributed by atoms with E-state index in [9.17, 15) is 4.79 Å². The average Bonchev–Trinajstić information content (AvgIpc) is 2.79. The summed E-state index contributed by atoms with van der Waals surface area (Å²) in [6.45, 7) is 0. The lowest BCUT2D eigenvalue weighted by molar-refractivity contribution is -0.124. The fraction of sp³-hybridized carbons (Fsp3) is 0.462. The SMILES string of the molecule is CNC1(C(N)=O)CCC(Sc2ccc(Cl)c(Cl)c2)C1. The quantitative estimate of drug-likeness (QED) is 0.897. The molecule has 2 unspecified atom stereocenters. The highest BCUT2D eigenvalue weighted by Crippen LogP contribution is 2.41. The number of hydrogen-bond donors (Lipinski definition) is 2. The zero-order valence-corrected chi connectivity index (χ0v) is 12.9. The van der Waals surface area contributed by atoms with Gasteiger partial charge in [0, 0.05) is 10.1 Å². The highest BCUT2D eigenvalue weighted by molar-refractivity contribution is 8.00. The van der Waals surface area contributed by atoms with Gasteiger partial charge in [0.05, 0.1) is 15.6 Å². The second-order valence-electron chi connectivity index (χ2n) is 4.75. The molecule has 0 saturated heterocycles. The molecule has 1 aromatic rings. The van der Waals surface area contributed by atoms with Gasteiger partial charge in [-0.05, 0) is 44.5 Å². The van der Waals surface area contributed by atoms with Crippen molar-refractivity contribution >= 4 is 40.9 Å². The first-order chi connectivity index (χ1) is 8.97. The molecule has 1 saturated carbocycles. The zero-order valence-electron chi connectivity index (χ0n) is 10.6. The van der Waals surface area contributed by atoms with Crippen LogP contribution < -0.4 is 11.1 Å². The number of likely N-dealkylation sites (N-methyl/N-ethyl adjacent to an activating group) is 1. The Morgan fingerprint density at radius 2 is 2.21 bits per heavy atom. The number of carbonyl (C=O) groups is 1. The number of primary amides is 1. The third-order valence-electron chi connectivity index (χ3n) is 3.61. The van der Waals surface area contributed by atoms with Crippen LogP contribution in [0.1, 0.15) is 19.3 Å². The molecular formula is C13H16Cl2N2OS. The van der Waals surface area contributed by atoms with E-state index in [0.29, 0.717) is 15.3 Å². The number of benzene rings is 1. The Morgan fingerprint density at radius 1 is 1.47 bits per heavy atom. The second kappa shape index (κ2) is 5.92. The van der Waals surface area contributed by atoms with E-state index in [1.807, 2.05) is 12.1 Å². The number of halogens is 2. The van der Waals surface area contributed by atoms with Crippen molar-refractivity contribution in [3.63, 3.8) is 0 Å². The maximum atomic E-state index is 11.6. The zero-order chi connectivity index (χ0) is 14.0. The molecule has 2 rings (SSSR count). The van der Waals surface area contributed by atoms with Crippen LogP contribution in [-0.2, 0) is 4.79 Å². The molecule has 1 amide bonds. The van der Waals surface area contributed by atoms with Gasteiger partial charge in [-0.15, -0.1) is 11.8 Å². The summed E-state index contributed by atoms with van der Waals surface area (Å²) in [5.41, 5.74) is 4.93. The van der Waals surface area contributed by atoms with Crippen molar-refractivity contribution in [2.45, 2.75) is 34.9 Å². The maximum absolute atomic E-state index is 11.6. The molecule has 1 fully saturated rings. The van der Waals surface area contributed by atoms with Crippen LogP contribution in [0.4, 0.5) is 0 Å². The van der Waals surface area contributed by atoms with Crippen LogP contribution in [0.5, 0.6) is 0 Å². The van der Waals surface area contributed by atoms with Crippen molar-refractivity contribution in [2.24, 2.45) is 5.73 Å². The number of nitrogens with two attached hydrogens (primary N) is 1. The number of rotatable bonds is 4. The van der Waals surface area contributed by atoms with E-state index in [2.05, 4.69) is 5.32 Å². The normalized spacial score (nSPS) is 26.6. The molecule has 3 N–H and O–H groups in total. The third kappa shape index (κ3) is 3.19. The van der Waals surface area contributed by atoms with E-state index in [4.69, 9.17) is 28.9 Å². The van der Waals surface area contributed by atoms with Gasteiger partial charge in [0.15, 0.2) is 0 Å². The Morgan fingerprint density at radius 3 is 2.74 bits per heavy atom. The Balaban J connectivity index is 2.05. The van der Waals surface area contributed by atoms with E-state index >= 15 is 0 Å². The second-order valence-corrected chi connectivity index (χ2v) is 6.94. The number of thioether (sulfide) groups is 1. The minimum absolute atomic E-state index is 0.271. The van der Waals surface area contributed by atoms with E-state index < -0.39 is 5.54 Å². The molecule has 0 spiro atoms. The summed E-state index contributed by atoms with van der Waals surface area (Å²) in [7, 11) is 1.79. The minimum Gasteiger partial charge on any atom is -0.368 e. The fourth-order valence-electron chi connectivity index (χ4n) is 2.42. The summed E-state index contributed by atoms with van der Waals surface area (Å²) in [6, 6.07) is 5.60. The molecule has 6 heteroatoms. The lowest BCUT2D eigenvalue weighted by Crippen LogP contribution is -2.52. The summed E-state index contributed by atoms with van der Waals surface area (Å²) in [5, 5.41) is 4.55. The third-order valence-corrected chi connectivity index (χ3v) is 5.61. The summed E-state index contributed by atoms with van der Waals surface area (Å²) in [6.07, 6.45) is 2.47. The van der Waals surface area contributed by atoms with Gasteiger partial charge in [0.1, 0.15) is 0 Å². The number of hydrogen-bond acceptors (Lipinski definition) is 3. The molecule has 0 heterocycles. The molecule has 19 heavy (non-hydrogen) atoms. The molecule has 1 aliphatic carbocycles. The number of carbonyl (C=O) groups excluding carboxylic acids is 1. The monoisotopic (exact) mass is 318 g/mol.